The van der Waals surface area contributed by atoms with Crippen LogP contribution in [0, 0.1) is 7.43 Å². The first-order valence-electron chi connectivity index (χ1n) is 3.76. The van der Waals surface area contributed by atoms with Crippen molar-refractivity contribution in [1.82, 2.24) is 10.2 Å². The SMILES string of the molecule is [CH3-].[K+].c1cc2c(nn1)CCCC2. The normalized spacial score (nSPS) is 13.7. The molecule has 0 amide bonds. The molecule has 0 atom stereocenters. The zero-order chi connectivity index (χ0) is 6.81. The summed E-state index contributed by atoms with van der Waals surface area (Å²) in [5.74, 6) is 0. The number of aryl methyl sites for hydroxylation is 2. The van der Waals surface area contributed by atoms with Crippen LogP contribution in [0.15, 0.2) is 12.3 Å². The first-order valence-corrected chi connectivity index (χ1v) is 3.76. The Morgan fingerprint density at radius 1 is 1.17 bits per heavy atom. The molecule has 0 unspecified atom stereocenters. The smallest absolute Gasteiger partial charge is 0.358 e. The molecule has 1 aliphatic rings. The van der Waals surface area contributed by atoms with Gasteiger partial charge in [-0.25, -0.2) is 0 Å². The van der Waals surface area contributed by atoms with Gasteiger partial charge in [-0.05, 0) is 37.3 Å². The molecule has 0 saturated heterocycles. The van der Waals surface area contributed by atoms with Gasteiger partial charge in [0.05, 0.1) is 5.69 Å². The summed E-state index contributed by atoms with van der Waals surface area (Å²) in [7, 11) is 0. The van der Waals surface area contributed by atoms with Crippen molar-refractivity contribution in [3.63, 3.8) is 0 Å². The second-order valence-electron chi connectivity index (χ2n) is 2.71. The number of aromatic nitrogens is 2. The average Bonchev–Trinajstić information content (AvgIpc) is 2.05. The van der Waals surface area contributed by atoms with E-state index in [1.165, 1.54) is 30.5 Å². The number of fused-ring (bicyclic) bond motifs is 1. The molecular weight excluding hydrogens is 175 g/mol. The van der Waals surface area contributed by atoms with E-state index in [-0.39, 0.29) is 58.8 Å². The maximum absolute atomic E-state index is 4.07. The summed E-state index contributed by atoms with van der Waals surface area (Å²) >= 11 is 0. The molecule has 0 fully saturated rings. The van der Waals surface area contributed by atoms with E-state index in [0.29, 0.717) is 0 Å². The van der Waals surface area contributed by atoms with Gasteiger partial charge in [0.25, 0.3) is 0 Å². The molecule has 0 aliphatic heterocycles. The molecule has 2 nitrogen and oxygen atoms in total. The van der Waals surface area contributed by atoms with Gasteiger partial charge in [0.2, 0.25) is 0 Å². The summed E-state index contributed by atoms with van der Waals surface area (Å²) in [6, 6.07) is 2.08. The summed E-state index contributed by atoms with van der Waals surface area (Å²) < 4.78 is 0. The van der Waals surface area contributed by atoms with Crippen molar-refractivity contribution in [2.24, 2.45) is 0 Å². The van der Waals surface area contributed by atoms with Gasteiger partial charge in [-0.3, -0.25) is 0 Å². The van der Waals surface area contributed by atoms with E-state index in [0.717, 1.165) is 6.42 Å². The van der Waals surface area contributed by atoms with Gasteiger partial charge in [-0.15, -0.1) is 0 Å². The molecular formula is C9H13KN2. The zero-order valence-corrected chi connectivity index (χ0v) is 11.0. The van der Waals surface area contributed by atoms with E-state index in [1.807, 2.05) is 0 Å². The Kier molecular flexibility index (Phi) is 6.58. The predicted octanol–water partition coefficient (Wildman–Crippen LogP) is -1.19. The Balaban J connectivity index is 0.000000605. The summed E-state index contributed by atoms with van der Waals surface area (Å²) in [6.45, 7) is 0. The first-order chi connectivity index (χ1) is 4.97. The van der Waals surface area contributed by atoms with E-state index in [1.54, 1.807) is 6.20 Å². The Hall–Kier alpha value is 0.716. The third kappa shape index (κ3) is 2.89. The van der Waals surface area contributed by atoms with Crippen molar-refractivity contribution < 1.29 is 51.4 Å². The van der Waals surface area contributed by atoms with Crippen LogP contribution in [-0.4, -0.2) is 10.2 Å². The number of nitrogens with zero attached hydrogens (tertiary/aromatic N) is 2. The molecule has 3 heteroatoms. The van der Waals surface area contributed by atoms with E-state index in [4.69, 9.17) is 0 Å². The molecule has 1 aromatic heterocycles. The van der Waals surface area contributed by atoms with Crippen LogP contribution in [0.1, 0.15) is 24.1 Å². The molecule has 0 spiro atoms. The third-order valence-corrected chi connectivity index (χ3v) is 2.00. The van der Waals surface area contributed by atoms with E-state index >= 15 is 0 Å². The van der Waals surface area contributed by atoms with Crippen molar-refractivity contribution in [3.8, 4) is 0 Å². The molecule has 0 saturated carbocycles. The van der Waals surface area contributed by atoms with Crippen LogP contribution in [0.4, 0.5) is 0 Å². The van der Waals surface area contributed by atoms with Gasteiger partial charge in [0.15, 0.2) is 0 Å². The quantitative estimate of drug-likeness (QED) is 0.378. The Labute approximate surface area is 117 Å². The zero-order valence-electron chi connectivity index (χ0n) is 7.88. The van der Waals surface area contributed by atoms with Crippen LogP contribution in [0.2, 0.25) is 0 Å². The van der Waals surface area contributed by atoms with Crippen molar-refractivity contribution >= 4 is 0 Å². The van der Waals surface area contributed by atoms with Gasteiger partial charge < -0.3 is 7.43 Å². The molecule has 0 N–H and O–H groups in total. The van der Waals surface area contributed by atoms with Crippen LogP contribution in [0.3, 0.4) is 0 Å². The maximum atomic E-state index is 4.07. The van der Waals surface area contributed by atoms with Crippen molar-refractivity contribution in [1.29, 1.82) is 0 Å². The summed E-state index contributed by atoms with van der Waals surface area (Å²) in [4.78, 5) is 0. The van der Waals surface area contributed by atoms with Gasteiger partial charge in [-0.2, -0.15) is 10.2 Å². The van der Waals surface area contributed by atoms with Crippen LogP contribution in [0.25, 0.3) is 0 Å². The van der Waals surface area contributed by atoms with Crippen molar-refractivity contribution in [3.05, 3.63) is 30.9 Å². The van der Waals surface area contributed by atoms with Gasteiger partial charge >= 0.3 is 51.4 Å². The van der Waals surface area contributed by atoms with Gasteiger partial charge in [0.1, 0.15) is 0 Å². The third-order valence-electron chi connectivity index (χ3n) is 2.00. The second kappa shape index (κ2) is 6.21. The van der Waals surface area contributed by atoms with Crippen LogP contribution >= 0.6 is 0 Å². The topological polar surface area (TPSA) is 25.8 Å². The maximum Gasteiger partial charge on any atom is 1.00 e. The standard InChI is InChI=1S/C8H10N2.CH3.K/c1-2-4-8-7(3-1)5-6-9-10-8;;/h5-6H,1-4H2;1H3;/q;-1;+1. The Morgan fingerprint density at radius 3 is 2.67 bits per heavy atom. The molecule has 2 rings (SSSR count). The summed E-state index contributed by atoms with van der Waals surface area (Å²) in [5.41, 5.74) is 2.62. The minimum absolute atomic E-state index is 0. The monoisotopic (exact) mass is 188 g/mol. The van der Waals surface area contributed by atoms with E-state index in [9.17, 15) is 0 Å². The molecule has 0 radical (unpaired) electrons. The molecule has 0 bridgehead atoms. The molecule has 1 aromatic rings. The second-order valence-corrected chi connectivity index (χ2v) is 2.71. The largest absolute Gasteiger partial charge is 1.00 e. The van der Waals surface area contributed by atoms with Crippen LogP contribution in [-0.2, 0) is 12.8 Å². The number of hydrogen-bond acceptors (Lipinski definition) is 2. The molecule has 1 aliphatic carbocycles. The summed E-state index contributed by atoms with van der Waals surface area (Å²) in [6.07, 6.45) is 6.71. The fourth-order valence-corrected chi connectivity index (χ4v) is 1.43. The van der Waals surface area contributed by atoms with Crippen LogP contribution < -0.4 is 51.4 Å². The fourth-order valence-electron chi connectivity index (χ4n) is 1.43. The predicted molar refractivity (Wildman–Crippen MR) is 45.1 cm³/mol. The van der Waals surface area contributed by atoms with Gasteiger partial charge in [-0.1, -0.05) is 0 Å². The minimum atomic E-state index is 0. The number of rotatable bonds is 0. The van der Waals surface area contributed by atoms with Crippen LogP contribution in [0.5, 0.6) is 0 Å². The summed E-state index contributed by atoms with van der Waals surface area (Å²) in [5, 5.41) is 7.92. The number of hydrogen-bond donors (Lipinski definition) is 0. The molecule has 1 heterocycles. The molecule has 60 valence electrons. The Bertz CT molecular complexity index is 213. The average molecular weight is 188 g/mol. The van der Waals surface area contributed by atoms with E-state index in [2.05, 4.69) is 16.3 Å². The fraction of sp³-hybridized carbons (Fsp3) is 0.444. The minimum Gasteiger partial charge on any atom is -0.358 e. The first kappa shape index (κ1) is 12.7. The molecule has 12 heavy (non-hydrogen) atoms. The van der Waals surface area contributed by atoms with Crippen molar-refractivity contribution in [2.75, 3.05) is 0 Å². The van der Waals surface area contributed by atoms with E-state index < -0.39 is 0 Å². The Morgan fingerprint density at radius 2 is 1.92 bits per heavy atom. The van der Waals surface area contributed by atoms with Gasteiger partial charge in [0, 0.05) is 6.20 Å². The van der Waals surface area contributed by atoms with Crippen molar-refractivity contribution in [2.45, 2.75) is 25.7 Å². The molecule has 0 aromatic carbocycles.